The fraction of sp³-hybridized carbons (Fsp3) is 0.588. The Labute approximate surface area is 139 Å². The molecule has 22 heavy (non-hydrogen) atoms. The van der Waals surface area contributed by atoms with E-state index in [4.69, 9.17) is 5.10 Å². The summed E-state index contributed by atoms with van der Waals surface area (Å²) in [6.45, 7) is 2.63. The zero-order valence-corrected chi connectivity index (χ0v) is 14.3. The molecule has 0 spiro atoms. The van der Waals surface area contributed by atoms with Crippen LogP contribution in [0.25, 0.3) is 10.9 Å². The summed E-state index contributed by atoms with van der Waals surface area (Å²) in [5.41, 5.74) is 2.36. The molecule has 4 nitrogen and oxygen atoms in total. The number of aliphatic hydroxyl groups excluding tert-OH is 1. The molecule has 0 bridgehead atoms. The van der Waals surface area contributed by atoms with Crippen LogP contribution in [0.2, 0.25) is 0 Å². The Kier molecular flexibility index (Phi) is 3.86. The molecule has 0 atom stereocenters. The first kappa shape index (κ1) is 14.5. The van der Waals surface area contributed by atoms with Crippen LogP contribution in [0.1, 0.15) is 38.1 Å². The van der Waals surface area contributed by atoms with Crippen LogP contribution in [0, 0.1) is 5.92 Å². The lowest BCUT2D eigenvalue weighted by atomic mass is 9.87. The molecule has 0 radical (unpaired) electrons. The standard InChI is InChI=1S/C17H22BrN3O/c18-15-8-13-10-21(14-4-2-12(11-22)3-5-14)19-16(13)9-17(15)20-6-1-7-20/h8-10,12,14,22H,1-7,11H2/t12-,14-. The number of aromatic nitrogens is 2. The molecule has 2 fully saturated rings. The lowest BCUT2D eigenvalue weighted by Crippen LogP contribution is -2.37. The molecule has 1 aromatic carbocycles. The maximum absolute atomic E-state index is 9.27. The van der Waals surface area contributed by atoms with E-state index >= 15 is 0 Å². The first-order valence-corrected chi connectivity index (χ1v) is 9.08. The molecule has 1 aliphatic carbocycles. The maximum Gasteiger partial charge on any atom is 0.0944 e. The van der Waals surface area contributed by atoms with E-state index in [1.165, 1.54) is 22.0 Å². The quantitative estimate of drug-likeness (QED) is 0.902. The third kappa shape index (κ3) is 2.54. The molecule has 2 aromatic rings. The van der Waals surface area contributed by atoms with E-state index in [0.717, 1.165) is 44.3 Å². The smallest absolute Gasteiger partial charge is 0.0944 e. The van der Waals surface area contributed by atoms with Gasteiger partial charge in [0.05, 0.1) is 17.2 Å². The second-order valence-corrected chi connectivity index (χ2v) is 7.52. The van der Waals surface area contributed by atoms with E-state index in [0.29, 0.717) is 18.6 Å². The fourth-order valence-corrected chi connectivity index (χ4v) is 4.24. The first-order valence-electron chi connectivity index (χ1n) is 8.29. The van der Waals surface area contributed by atoms with E-state index in [1.807, 2.05) is 0 Å². The lowest BCUT2D eigenvalue weighted by Gasteiger charge is -2.33. The highest BCUT2D eigenvalue weighted by molar-refractivity contribution is 9.10. The summed E-state index contributed by atoms with van der Waals surface area (Å²) in [4.78, 5) is 2.40. The number of anilines is 1. The van der Waals surface area contributed by atoms with Crippen LogP contribution in [-0.4, -0.2) is 34.6 Å². The Hall–Kier alpha value is -1.07. The molecular formula is C17H22BrN3O. The molecule has 118 valence electrons. The number of aliphatic hydroxyl groups is 1. The molecular weight excluding hydrogens is 342 g/mol. The van der Waals surface area contributed by atoms with E-state index < -0.39 is 0 Å². The number of rotatable bonds is 3. The molecule has 2 heterocycles. The van der Waals surface area contributed by atoms with Crippen molar-refractivity contribution in [2.45, 2.75) is 38.1 Å². The van der Waals surface area contributed by atoms with Crippen LogP contribution in [0.5, 0.6) is 0 Å². The largest absolute Gasteiger partial charge is 0.396 e. The zero-order chi connectivity index (χ0) is 15.1. The van der Waals surface area contributed by atoms with Crippen LogP contribution in [-0.2, 0) is 0 Å². The molecule has 5 heteroatoms. The Bertz CT molecular complexity index is 672. The van der Waals surface area contributed by atoms with Gasteiger partial charge in [-0.2, -0.15) is 5.10 Å². The Balaban J connectivity index is 1.60. The summed E-state index contributed by atoms with van der Waals surface area (Å²) >= 11 is 3.71. The molecule has 1 saturated carbocycles. The molecule has 4 rings (SSSR count). The highest BCUT2D eigenvalue weighted by atomic mass is 79.9. The van der Waals surface area contributed by atoms with E-state index in [-0.39, 0.29) is 0 Å². The summed E-state index contributed by atoms with van der Waals surface area (Å²) < 4.78 is 3.33. The van der Waals surface area contributed by atoms with Crippen molar-refractivity contribution in [3.8, 4) is 0 Å². The highest BCUT2D eigenvalue weighted by Crippen LogP contribution is 2.36. The third-order valence-corrected chi connectivity index (χ3v) is 5.87. The van der Waals surface area contributed by atoms with E-state index in [1.54, 1.807) is 0 Å². The Morgan fingerprint density at radius 1 is 1.18 bits per heavy atom. The average Bonchev–Trinajstić information content (AvgIpc) is 2.89. The van der Waals surface area contributed by atoms with Gasteiger partial charge in [0.15, 0.2) is 0 Å². The van der Waals surface area contributed by atoms with Gasteiger partial charge in [-0.25, -0.2) is 0 Å². The van der Waals surface area contributed by atoms with Crippen molar-refractivity contribution < 1.29 is 5.11 Å². The van der Waals surface area contributed by atoms with Gasteiger partial charge in [-0.05, 0) is 66.1 Å². The van der Waals surface area contributed by atoms with Gasteiger partial charge in [0.25, 0.3) is 0 Å². The van der Waals surface area contributed by atoms with Gasteiger partial charge < -0.3 is 10.0 Å². The Morgan fingerprint density at radius 3 is 2.59 bits per heavy atom. The fourth-order valence-electron chi connectivity index (χ4n) is 3.63. The SMILES string of the molecule is OC[C@H]1CC[C@H](n2cc3cc(Br)c(N4CCC4)cc3n2)CC1. The monoisotopic (exact) mass is 363 g/mol. The lowest BCUT2D eigenvalue weighted by molar-refractivity contribution is 0.165. The van der Waals surface area contributed by atoms with Gasteiger partial charge in [-0.15, -0.1) is 0 Å². The summed E-state index contributed by atoms with van der Waals surface area (Å²) in [6, 6.07) is 4.90. The van der Waals surface area contributed by atoms with Crippen LogP contribution >= 0.6 is 15.9 Å². The van der Waals surface area contributed by atoms with Gasteiger partial charge in [-0.3, -0.25) is 4.68 Å². The number of halogens is 1. The highest BCUT2D eigenvalue weighted by Gasteiger charge is 2.23. The molecule has 1 saturated heterocycles. The second-order valence-electron chi connectivity index (χ2n) is 6.67. The molecule has 1 aromatic heterocycles. The number of hydrogen-bond donors (Lipinski definition) is 1. The summed E-state index contributed by atoms with van der Waals surface area (Å²) in [5.74, 6) is 0.494. The number of nitrogens with zero attached hydrogens (tertiary/aromatic N) is 3. The van der Waals surface area contributed by atoms with E-state index in [2.05, 4.69) is 43.8 Å². The van der Waals surface area contributed by atoms with Crippen LogP contribution < -0.4 is 4.90 Å². The van der Waals surface area contributed by atoms with Crippen LogP contribution in [0.15, 0.2) is 22.8 Å². The van der Waals surface area contributed by atoms with Crippen molar-refractivity contribution in [2.75, 3.05) is 24.6 Å². The minimum Gasteiger partial charge on any atom is -0.396 e. The minimum atomic E-state index is 0.333. The number of fused-ring (bicyclic) bond motifs is 1. The number of hydrogen-bond acceptors (Lipinski definition) is 3. The number of benzene rings is 1. The predicted molar refractivity (Wildman–Crippen MR) is 92.3 cm³/mol. The normalized spacial score (nSPS) is 25.5. The van der Waals surface area contributed by atoms with Crippen molar-refractivity contribution in [2.24, 2.45) is 5.92 Å². The maximum atomic E-state index is 9.27. The molecule has 1 N–H and O–H groups in total. The molecule has 0 unspecified atom stereocenters. The second kappa shape index (κ2) is 5.85. The molecule has 1 aliphatic heterocycles. The van der Waals surface area contributed by atoms with Gasteiger partial charge in [0.1, 0.15) is 0 Å². The average molecular weight is 364 g/mol. The summed E-state index contributed by atoms with van der Waals surface area (Å²) in [5, 5.41) is 15.3. The van der Waals surface area contributed by atoms with Crippen molar-refractivity contribution in [1.29, 1.82) is 0 Å². The molecule has 2 aliphatic rings. The van der Waals surface area contributed by atoms with Crippen molar-refractivity contribution in [1.82, 2.24) is 9.78 Å². The Morgan fingerprint density at radius 2 is 1.95 bits per heavy atom. The van der Waals surface area contributed by atoms with E-state index in [9.17, 15) is 5.11 Å². The van der Waals surface area contributed by atoms with Gasteiger partial charge in [0.2, 0.25) is 0 Å². The summed E-state index contributed by atoms with van der Waals surface area (Å²) in [7, 11) is 0. The van der Waals surface area contributed by atoms with Crippen LogP contribution in [0.4, 0.5) is 5.69 Å². The van der Waals surface area contributed by atoms with Crippen molar-refractivity contribution >= 4 is 32.5 Å². The van der Waals surface area contributed by atoms with Gasteiger partial charge in [0, 0.05) is 35.8 Å². The van der Waals surface area contributed by atoms with Gasteiger partial charge >= 0.3 is 0 Å². The van der Waals surface area contributed by atoms with Crippen molar-refractivity contribution in [3.63, 3.8) is 0 Å². The minimum absolute atomic E-state index is 0.333. The third-order valence-electron chi connectivity index (χ3n) is 5.24. The predicted octanol–water partition coefficient (Wildman–Crippen LogP) is 3.73. The van der Waals surface area contributed by atoms with Crippen molar-refractivity contribution in [3.05, 3.63) is 22.8 Å². The first-order chi connectivity index (χ1) is 10.7. The van der Waals surface area contributed by atoms with Gasteiger partial charge in [-0.1, -0.05) is 0 Å². The topological polar surface area (TPSA) is 41.3 Å². The van der Waals surface area contributed by atoms with Crippen LogP contribution in [0.3, 0.4) is 0 Å². The summed E-state index contributed by atoms with van der Waals surface area (Å²) in [6.07, 6.45) is 7.94. The molecule has 0 amide bonds. The zero-order valence-electron chi connectivity index (χ0n) is 12.7.